The summed E-state index contributed by atoms with van der Waals surface area (Å²) in [4.78, 5) is 17.6. The van der Waals surface area contributed by atoms with Crippen molar-refractivity contribution < 1.29 is 4.79 Å². The first-order valence-corrected chi connectivity index (χ1v) is 8.34. The van der Waals surface area contributed by atoms with Gasteiger partial charge in [-0.3, -0.25) is 4.79 Å². The van der Waals surface area contributed by atoms with Gasteiger partial charge in [-0.05, 0) is 35.2 Å². The van der Waals surface area contributed by atoms with Gasteiger partial charge in [-0.1, -0.05) is 18.2 Å². The average Bonchev–Trinajstić information content (AvgIpc) is 3.25. The topological polar surface area (TPSA) is 73.3 Å². The van der Waals surface area contributed by atoms with Crippen molar-refractivity contribution >= 4 is 28.5 Å². The highest BCUT2D eigenvalue weighted by atomic mass is 32.1. The van der Waals surface area contributed by atoms with Crippen molar-refractivity contribution in [3.63, 3.8) is 0 Å². The van der Waals surface area contributed by atoms with Crippen molar-refractivity contribution in [3.05, 3.63) is 81.9 Å². The van der Waals surface area contributed by atoms with Crippen LogP contribution in [0.5, 0.6) is 0 Å². The van der Waals surface area contributed by atoms with Crippen molar-refractivity contribution in [2.75, 3.05) is 5.73 Å². The number of ketones is 1. The molecule has 5 nitrogen and oxygen atoms in total. The quantitative estimate of drug-likeness (QED) is 0.459. The van der Waals surface area contributed by atoms with E-state index in [-0.39, 0.29) is 5.78 Å². The molecule has 2 N–H and O–H groups in total. The molecule has 24 heavy (non-hydrogen) atoms. The average molecular weight is 334 g/mol. The van der Waals surface area contributed by atoms with Gasteiger partial charge in [0.2, 0.25) is 5.78 Å². The number of hydrogen-bond donors (Lipinski definition) is 1. The van der Waals surface area contributed by atoms with Crippen LogP contribution in [0.2, 0.25) is 0 Å². The molecule has 6 heteroatoms. The summed E-state index contributed by atoms with van der Waals surface area (Å²) in [6.45, 7) is 0. The van der Waals surface area contributed by atoms with Crippen LogP contribution in [0.4, 0.5) is 5.69 Å². The lowest BCUT2D eigenvalue weighted by molar-refractivity contribution is 0.104. The number of nitrogens with two attached hydrogens (primary N) is 1. The van der Waals surface area contributed by atoms with Crippen LogP contribution in [-0.2, 0) is 6.42 Å². The molecule has 0 fully saturated rings. The van der Waals surface area contributed by atoms with Crippen molar-refractivity contribution in [1.82, 2.24) is 14.6 Å². The van der Waals surface area contributed by atoms with E-state index < -0.39 is 0 Å². The molecular weight excluding hydrogens is 320 g/mol. The first-order chi connectivity index (χ1) is 11.7. The molecule has 0 atom stereocenters. The summed E-state index contributed by atoms with van der Waals surface area (Å²) in [6, 6.07) is 13.3. The fraction of sp³-hybridized carbons (Fsp3) is 0.0556. The van der Waals surface area contributed by atoms with Gasteiger partial charge < -0.3 is 5.73 Å². The van der Waals surface area contributed by atoms with Gasteiger partial charge in [-0.2, -0.15) is 5.10 Å². The van der Waals surface area contributed by atoms with Crippen LogP contribution in [0, 0.1) is 0 Å². The highest BCUT2D eigenvalue weighted by molar-refractivity contribution is 7.12. The van der Waals surface area contributed by atoms with Gasteiger partial charge in [0.15, 0.2) is 5.65 Å². The predicted molar refractivity (Wildman–Crippen MR) is 94.4 cm³/mol. The number of nitrogen functional groups attached to an aromatic ring is 1. The lowest BCUT2D eigenvalue weighted by atomic mass is 10.1. The molecule has 3 aromatic heterocycles. The second-order valence-corrected chi connectivity index (χ2v) is 6.41. The van der Waals surface area contributed by atoms with Crippen LogP contribution in [0.25, 0.3) is 5.65 Å². The van der Waals surface area contributed by atoms with Crippen molar-refractivity contribution in [2.45, 2.75) is 6.42 Å². The van der Waals surface area contributed by atoms with E-state index in [1.54, 1.807) is 16.9 Å². The molecule has 0 aliphatic carbocycles. The number of benzene rings is 1. The molecule has 3 heterocycles. The fourth-order valence-electron chi connectivity index (χ4n) is 2.69. The zero-order valence-electron chi connectivity index (χ0n) is 12.7. The molecule has 0 aliphatic rings. The van der Waals surface area contributed by atoms with Crippen molar-refractivity contribution in [2.24, 2.45) is 0 Å². The van der Waals surface area contributed by atoms with E-state index in [0.717, 1.165) is 16.9 Å². The van der Waals surface area contributed by atoms with Gasteiger partial charge in [0.05, 0.1) is 22.3 Å². The molecule has 4 rings (SSSR count). The van der Waals surface area contributed by atoms with Gasteiger partial charge in [0.25, 0.3) is 0 Å². The number of carbonyl (C=O) groups excluding carboxylic acids is 1. The largest absolute Gasteiger partial charge is 0.399 e. The van der Waals surface area contributed by atoms with Crippen LogP contribution < -0.4 is 5.73 Å². The maximum Gasteiger partial charge on any atom is 0.208 e. The van der Waals surface area contributed by atoms with Gasteiger partial charge in [-0.25, -0.2) is 9.50 Å². The van der Waals surface area contributed by atoms with E-state index in [9.17, 15) is 4.79 Å². The molecule has 0 radical (unpaired) electrons. The number of rotatable bonds is 4. The SMILES string of the molecule is Nc1cccc(Cc2ccnc3c(C(=O)c4cccs4)cnn23)c1. The van der Waals surface area contributed by atoms with Crippen LogP contribution in [-0.4, -0.2) is 20.4 Å². The molecule has 0 unspecified atom stereocenters. The maximum atomic E-state index is 12.6. The molecule has 1 aromatic carbocycles. The summed E-state index contributed by atoms with van der Waals surface area (Å²) in [5.41, 5.74) is 9.71. The van der Waals surface area contributed by atoms with Crippen molar-refractivity contribution in [1.29, 1.82) is 0 Å². The summed E-state index contributed by atoms with van der Waals surface area (Å²) >= 11 is 1.42. The van der Waals surface area contributed by atoms with Gasteiger partial charge in [-0.15, -0.1) is 11.3 Å². The third kappa shape index (κ3) is 2.57. The smallest absolute Gasteiger partial charge is 0.208 e. The lowest BCUT2D eigenvalue weighted by Gasteiger charge is -2.06. The Hall–Kier alpha value is -2.99. The van der Waals surface area contributed by atoms with Crippen LogP contribution in [0.15, 0.2) is 60.2 Å². The van der Waals surface area contributed by atoms with E-state index in [1.807, 2.05) is 47.8 Å². The van der Waals surface area contributed by atoms with Gasteiger partial charge >= 0.3 is 0 Å². The van der Waals surface area contributed by atoms with Crippen LogP contribution >= 0.6 is 11.3 Å². The molecule has 4 aromatic rings. The number of nitrogens with zero attached hydrogens (tertiary/aromatic N) is 3. The zero-order valence-corrected chi connectivity index (χ0v) is 13.5. The highest BCUT2D eigenvalue weighted by Crippen LogP contribution is 2.20. The van der Waals surface area contributed by atoms with E-state index in [2.05, 4.69) is 10.1 Å². The first-order valence-electron chi connectivity index (χ1n) is 7.46. The second-order valence-electron chi connectivity index (χ2n) is 5.46. The van der Waals surface area contributed by atoms with E-state index >= 15 is 0 Å². The molecule has 0 aliphatic heterocycles. The standard InChI is InChI=1S/C18H14N4OS/c19-13-4-1-3-12(9-13)10-14-6-7-20-18-15(11-21-22(14)18)17(23)16-5-2-8-24-16/h1-9,11H,10,19H2. The Balaban J connectivity index is 1.75. The highest BCUT2D eigenvalue weighted by Gasteiger charge is 2.18. The third-order valence-electron chi connectivity index (χ3n) is 3.81. The Morgan fingerprint density at radius 1 is 1.21 bits per heavy atom. The zero-order chi connectivity index (χ0) is 16.5. The molecule has 0 saturated carbocycles. The van der Waals surface area contributed by atoms with Gasteiger partial charge in [0.1, 0.15) is 0 Å². The lowest BCUT2D eigenvalue weighted by Crippen LogP contribution is -2.03. The maximum absolute atomic E-state index is 12.6. The monoisotopic (exact) mass is 334 g/mol. The van der Waals surface area contributed by atoms with Crippen LogP contribution in [0.3, 0.4) is 0 Å². The summed E-state index contributed by atoms with van der Waals surface area (Å²) in [6.07, 6.45) is 3.97. The molecule has 118 valence electrons. The number of aromatic nitrogens is 3. The minimum Gasteiger partial charge on any atom is -0.399 e. The summed E-state index contributed by atoms with van der Waals surface area (Å²) in [5.74, 6) is -0.0476. The molecule has 0 bridgehead atoms. The molecule has 0 saturated heterocycles. The Morgan fingerprint density at radius 2 is 2.12 bits per heavy atom. The third-order valence-corrected chi connectivity index (χ3v) is 4.67. The number of thiophene rings is 1. The Kier molecular flexibility index (Phi) is 3.59. The molecule has 0 spiro atoms. The number of fused-ring (bicyclic) bond motifs is 1. The van der Waals surface area contributed by atoms with Crippen molar-refractivity contribution in [3.8, 4) is 0 Å². The fourth-order valence-corrected chi connectivity index (χ4v) is 3.37. The first kappa shape index (κ1) is 14.6. The molecule has 0 amide bonds. The summed E-state index contributed by atoms with van der Waals surface area (Å²) < 4.78 is 1.73. The normalized spacial score (nSPS) is 11.0. The number of carbonyl (C=O) groups is 1. The Bertz CT molecular complexity index is 1020. The predicted octanol–water partition coefficient (Wildman–Crippen LogP) is 3.19. The molecular formula is C18H14N4OS. The Morgan fingerprint density at radius 3 is 2.92 bits per heavy atom. The minimum absolute atomic E-state index is 0.0476. The summed E-state index contributed by atoms with van der Waals surface area (Å²) in [5, 5.41) is 6.26. The number of hydrogen-bond acceptors (Lipinski definition) is 5. The van der Waals surface area contributed by atoms with E-state index in [1.165, 1.54) is 11.3 Å². The van der Waals surface area contributed by atoms with E-state index in [0.29, 0.717) is 22.5 Å². The van der Waals surface area contributed by atoms with E-state index in [4.69, 9.17) is 5.73 Å². The Labute approximate surface area is 142 Å². The minimum atomic E-state index is -0.0476. The number of anilines is 1. The van der Waals surface area contributed by atoms with Gasteiger partial charge in [0, 0.05) is 18.3 Å². The summed E-state index contributed by atoms with van der Waals surface area (Å²) in [7, 11) is 0. The second kappa shape index (κ2) is 5.90. The van der Waals surface area contributed by atoms with Crippen LogP contribution in [0.1, 0.15) is 26.5 Å².